The summed E-state index contributed by atoms with van der Waals surface area (Å²) in [5, 5.41) is 4.59. The summed E-state index contributed by atoms with van der Waals surface area (Å²) < 4.78 is 1.66. The third-order valence-corrected chi connectivity index (χ3v) is 2.53. The van der Waals surface area contributed by atoms with E-state index in [9.17, 15) is 0 Å². The molecule has 0 aromatic carbocycles. The molecule has 0 radical (unpaired) electrons. The van der Waals surface area contributed by atoms with E-state index in [0.717, 1.165) is 11.1 Å². The second-order valence-electron chi connectivity index (χ2n) is 3.51. The molecule has 0 unspecified atom stereocenters. The molecular formula is C12H10ClLiN5-. The van der Waals surface area contributed by atoms with Crippen LogP contribution in [0, 0.1) is 14.4 Å². The second kappa shape index (κ2) is 6.07. The topological polar surface area (TPSA) is 56.0 Å². The van der Waals surface area contributed by atoms with Crippen LogP contribution in [0.2, 0.25) is 5.15 Å². The molecule has 0 saturated carbocycles. The van der Waals surface area contributed by atoms with E-state index < -0.39 is 0 Å². The zero-order valence-corrected chi connectivity index (χ0v) is 11.5. The van der Waals surface area contributed by atoms with E-state index >= 15 is 0 Å². The van der Waals surface area contributed by atoms with Crippen molar-refractivity contribution in [3.05, 3.63) is 56.1 Å². The molecule has 3 aromatic heterocycles. The Morgan fingerprint density at radius 1 is 1.16 bits per heavy atom. The van der Waals surface area contributed by atoms with Crippen LogP contribution < -0.4 is 18.9 Å². The molecule has 0 N–H and O–H groups in total. The molecule has 7 heteroatoms. The summed E-state index contributed by atoms with van der Waals surface area (Å²) >= 11 is 5.83. The molecule has 5 nitrogen and oxygen atoms in total. The van der Waals surface area contributed by atoms with Crippen LogP contribution in [0.5, 0.6) is 0 Å². The second-order valence-corrected chi connectivity index (χ2v) is 3.90. The van der Waals surface area contributed by atoms with E-state index in [4.69, 9.17) is 11.6 Å². The minimum absolute atomic E-state index is 0. The minimum atomic E-state index is 0. The molecule has 3 heterocycles. The van der Waals surface area contributed by atoms with Crippen molar-refractivity contribution in [1.29, 1.82) is 0 Å². The smallest absolute Gasteiger partial charge is 0.358 e. The van der Waals surface area contributed by atoms with Gasteiger partial charge >= 0.3 is 18.9 Å². The van der Waals surface area contributed by atoms with E-state index in [0.29, 0.717) is 16.5 Å². The van der Waals surface area contributed by atoms with Crippen LogP contribution >= 0.6 is 11.6 Å². The number of aromatic nitrogens is 5. The number of hydrogen-bond acceptors (Lipinski definition) is 4. The van der Waals surface area contributed by atoms with Gasteiger partial charge in [-0.05, 0) is 0 Å². The van der Waals surface area contributed by atoms with Crippen LogP contribution in [0.4, 0.5) is 0 Å². The quantitative estimate of drug-likeness (QED) is 0.338. The Hall–Kier alpha value is -1.54. The molecule has 0 aliphatic carbocycles. The fraction of sp³-hybridized carbons (Fsp3) is 0. The van der Waals surface area contributed by atoms with Gasteiger partial charge in [-0.15, -0.1) is 0 Å². The van der Waals surface area contributed by atoms with Crippen LogP contribution in [0.15, 0.2) is 31.0 Å². The summed E-state index contributed by atoms with van der Waals surface area (Å²) in [7, 11) is 0. The van der Waals surface area contributed by atoms with Gasteiger partial charge in [0, 0.05) is 6.07 Å². The Morgan fingerprint density at radius 2 is 1.95 bits per heavy atom. The van der Waals surface area contributed by atoms with E-state index in [1.54, 1.807) is 29.2 Å². The molecule has 0 atom stereocenters. The van der Waals surface area contributed by atoms with Crippen molar-refractivity contribution >= 4 is 17.2 Å². The number of halogens is 1. The average molecular weight is 267 g/mol. The van der Waals surface area contributed by atoms with Crippen LogP contribution in [-0.4, -0.2) is 24.6 Å². The Kier molecular flexibility index (Phi) is 4.95. The molecule has 0 fully saturated rings. The number of rotatable bonds is 1. The molecule has 19 heavy (non-hydrogen) atoms. The molecule has 0 spiro atoms. The van der Waals surface area contributed by atoms with Gasteiger partial charge < -0.3 is 12.4 Å². The predicted octanol–water partition coefficient (Wildman–Crippen LogP) is -0.524. The van der Waals surface area contributed by atoms with Crippen LogP contribution in [0.1, 0.15) is 5.56 Å². The molecule has 0 bridgehead atoms. The minimum Gasteiger partial charge on any atom is -0.358 e. The molecule has 3 aromatic rings. The van der Waals surface area contributed by atoms with E-state index in [2.05, 4.69) is 27.0 Å². The van der Waals surface area contributed by atoms with E-state index in [1.165, 1.54) is 6.33 Å². The first-order valence-corrected chi connectivity index (χ1v) is 5.25. The predicted molar refractivity (Wildman–Crippen MR) is 69.9 cm³/mol. The van der Waals surface area contributed by atoms with Gasteiger partial charge in [-0.3, -0.25) is 4.52 Å². The standard InChI is InChI=1S/C11H7ClN5.CH3.Li/c1-7-3-13-11-8(4-16-17(11)5-7)9-2-10(12)15-6-14-9;;/h2-6H,1H2;1H3;/q2*-1;+1. The van der Waals surface area contributed by atoms with Crippen LogP contribution in [0.3, 0.4) is 0 Å². The van der Waals surface area contributed by atoms with Gasteiger partial charge in [0.05, 0.1) is 17.5 Å². The van der Waals surface area contributed by atoms with Crippen molar-refractivity contribution in [2.75, 3.05) is 0 Å². The zero-order chi connectivity index (χ0) is 11.8. The summed E-state index contributed by atoms with van der Waals surface area (Å²) in [4.78, 5) is 12.3. The number of hydrogen-bond donors (Lipinski definition) is 0. The van der Waals surface area contributed by atoms with Gasteiger partial charge in [0.2, 0.25) is 0 Å². The Morgan fingerprint density at radius 3 is 2.68 bits per heavy atom. The van der Waals surface area contributed by atoms with Crippen molar-refractivity contribution in [2.24, 2.45) is 0 Å². The summed E-state index contributed by atoms with van der Waals surface area (Å²) in [6.45, 7) is 3.80. The van der Waals surface area contributed by atoms with Gasteiger partial charge in [0.25, 0.3) is 0 Å². The SMILES string of the molecule is [CH2-]c1cnc2c(-c3cc(Cl)ncn3)cnn2c1.[CH3-].[Li+]. The Balaban J connectivity index is 0.000000902. The molecule has 3 rings (SSSR count). The summed E-state index contributed by atoms with van der Waals surface area (Å²) in [6, 6.07) is 1.68. The maximum absolute atomic E-state index is 5.83. The van der Waals surface area contributed by atoms with Gasteiger partial charge in [-0.25, -0.2) is 9.97 Å². The van der Waals surface area contributed by atoms with Gasteiger partial charge in [0.1, 0.15) is 17.1 Å². The first kappa shape index (κ1) is 15.5. The monoisotopic (exact) mass is 266 g/mol. The van der Waals surface area contributed by atoms with Crippen molar-refractivity contribution < 1.29 is 18.9 Å². The first-order valence-electron chi connectivity index (χ1n) is 4.87. The third kappa shape index (κ3) is 2.90. The Labute approximate surface area is 128 Å². The fourth-order valence-corrected chi connectivity index (χ4v) is 1.72. The molecule has 92 valence electrons. The van der Waals surface area contributed by atoms with Crippen molar-refractivity contribution in [3.63, 3.8) is 0 Å². The molecule has 0 aliphatic heterocycles. The van der Waals surface area contributed by atoms with E-state index in [1.807, 2.05) is 0 Å². The molecule has 0 saturated heterocycles. The zero-order valence-electron chi connectivity index (χ0n) is 10.7. The first-order chi connectivity index (χ1) is 8.24. The van der Waals surface area contributed by atoms with Gasteiger partial charge in [0.15, 0.2) is 0 Å². The Bertz CT molecular complexity index is 697. The average Bonchev–Trinajstić information content (AvgIpc) is 2.71. The number of nitrogens with zero attached hydrogens (tertiary/aromatic N) is 5. The third-order valence-electron chi connectivity index (χ3n) is 2.32. The molecular weight excluding hydrogens is 257 g/mol. The van der Waals surface area contributed by atoms with Crippen LogP contribution in [0.25, 0.3) is 16.9 Å². The normalized spacial score (nSPS) is 9.74. The van der Waals surface area contributed by atoms with Crippen LogP contribution in [-0.2, 0) is 0 Å². The maximum atomic E-state index is 5.83. The van der Waals surface area contributed by atoms with E-state index in [-0.39, 0.29) is 26.3 Å². The van der Waals surface area contributed by atoms with Crippen molar-refractivity contribution in [1.82, 2.24) is 24.6 Å². The van der Waals surface area contributed by atoms with Crippen molar-refractivity contribution in [2.45, 2.75) is 0 Å². The molecule has 0 amide bonds. The summed E-state index contributed by atoms with van der Waals surface area (Å²) in [6.07, 6.45) is 6.59. The largest absolute Gasteiger partial charge is 1.00 e. The summed E-state index contributed by atoms with van der Waals surface area (Å²) in [5.41, 5.74) is 3.03. The summed E-state index contributed by atoms with van der Waals surface area (Å²) in [5.74, 6) is 0. The van der Waals surface area contributed by atoms with Gasteiger partial charge in [-0.2, -0.15) is 17.6 Å². The van der Waals surface area contributed by atoms with Gasteiger partial charge in [-0.1, -0.05) is 24.0 Å². The number of fused-ring (bicyclic) bond motifs is 1. The maximum Gasteiger partial charge on any atom is 1.00 e. The fourth-order valence-electron chi connectivity index (χ4n) is 1.57. The molecule has 0 aliphatic rings. The van der Waals surface area contributed by atoms with Crippen molar-refractivity contribution in [3.8, 4) is 11.3 Å².